The molecule has 0 aromatic heterocycles. The Morgan fingerprint density at radius 2 is 1.50 bits per heavy atom. The molecule has 0 unspecified atom stereocenters. The van der Waals surface area contributed by atoms with Gasteiger partial charge in [0.05, 0.1) is 13.6 Å². The van der Waals surface area contributed by atoms with E-state index in [2.05, 4.69) is 7.05 Å². The monoisotopic (exact) mass is 200 g/mol. The number of quaternary nitrogens is 2. The summed E-state index contributed by atoms with van der Waals surface area (Å²) < 4.78 is 2.67. The van der Waals surface area contributed by atoms with Gasteiger partial charge in [-0.25, -0.2) is 0 Å². The Labute approximate surface area is 87.1 Å². The molecule has 3 nitrogen and oxygen atoms in total. The summed E-state index contributed by atoms with van der Waals surface area (Å²) in [5.74, 6) is 0. The Bertz CT molecular complexity index is 181. The molecule has 0 atom stereocenters. The minimum absolute atomic E-state index is 0.369. The van der Waals surface area contributed by atoms with Crippen molar-refractivity contribution in [1.82, 2.24) is 0 Å². The standard InChI is InChI=1S/C11H24N2O/c1-12-5-8-13(9-6-12,10-7-12)4-2-3-11-14/h14H,2-11H2,1H3/q+2. The fourth-order valence-corrected chi connectivity index (χ4v) is 2.93. The molecule has 2 bridgehead atoms. The normalized spacial score (nSPS) is 41.6. The maximum Gasteiger partial charge on any atom is 0.129 e. The molecular weight excluding hydrogens is 176 g/mol. The quantitative estimate of drug-likeness (QED) is 0.502. The molecule has 0 amide bonds. The number of nitrogens with zero attached hydrogens (tertiary/aromatic N) is 2. The molecule has 1 N–H and O–H groups in total. The second-order valence-corrected chi connectivity index (χ2v) is 5.46. The van der Waals surface area contributed by atoms with E-state index in [1.165, 1.54) is 61.2 Å². The molecule has 82 valence electrons. The summed E-state index contributed by atoms with van der Waals surface area (Å²) in [5, 5.41) is 8.79. The van der Waals surface area contributed by atoms with Gasteiger partial charge in [-0.15, -0.1) is 0 Å². The molecule has 14 heavy (non-hydrogen) atoms. The van der Waals surface area contributed by atoms with Crippen LogP contribution in [0.5, 0.6) is 0 Å². The first-order chi connectivity index (χ1) is 6.68. The minimum atomic E-state index is 0.369. The topological polar surface area (TPSA) is 20.2 Å². The first-order valence-corrected chi connectivity index (χ1v) is 5.98. The van der Waals surface area contributed by atoms with Gasteiger partial charge in [-0.2, -0.15) is 0 Å². The fourth-order valence-electron chi connectivity index (χ4n) is 2.93. The lowest BCUT2D eigenvalue weighted by atomic mass is 10.1. The van der Waals surface area contributed by atoms with Crippen molar-refractivity contribution in [2.45, 2.75) is 12.8 Å². The summed E-state index contributed by atoms with van der Waals surface area (Å²) >= 11 is 0. The van der Waals surface area contributed by atoms with Crippen molar-refractivity contribution < 1.29 is 14.1 Å². The van der Waals surface area contributed by atoms with Gasteiger partial charge in [0.25, 0.3) is 0 Å². The highest BCUT2D eigenvalue weighted by molar-refractivity contribution is 4.60. The zero-order valence-corrected chi connectivity index (χ0v) is 9.41. The molecule has 0 saturated carbocycles. The average Bonchev–Trinajstić information content (AvgIpc) is 2.21. The summed E-state index contributed by atoms with van der Waals surface area (Å²) in [6.07, 6.45) is 2.20. The van der Waals surface area contributed by atoms with Crippen LogP contribution in [-0.2, 0) is 0 Å². The third kappa shape index (κ3) is 1.95. The number of piperazine rings is 3. The van der Waals surface area contributed by atoms with E-state index in [0.29, 0.717) is 6.61 Å². The molecule has 3 heteroatoms. The lowest BCUT2D eigenvalue weighted by Crippen LogP contribution is -2.73. The molecule has 3 rings (SSSR count). The van der Waals surface area contributed by atoms with Gasteiger partial charge < -0.3 is 14.1 Å². The first kappa shape index (κ1) is 10.4. The smallest absolute Gasteiger partial charge is 0.129 e. The van der Waals surface area contributed by atoms with Crippen LogP contribution >= 0.6 is 0 Å². The van der Waals surface area contributed by atoms with Gasteiger partial charge in [0.2, 0.25) is 0 Å². The zero-order valence-electron chi connectivity index (χ0n) is 9.41. The lowest BCUT2D eigenvalue weighted by molar-refractivity contribution is -1.07. The number of unbranched alkanes of at least 4 members (excludes halogenated alkanes) is 1. The highest BCUT2D eigenvalue weighted by Gasteiger charge is 2.45. The number of likely N-dealkylation sites (N-methyl/N-ethyl adjacent to an activating group) is 1. The third-order valence-corrected chi connectivity index (χ3v) is 4.38. The maximum absolute atomic E-state index is 8.79. The van der Waals surface area contributed by atoms with Gasteiger partial charge in [-0.3, -0.25) is 0 Å². The highest BCUT2D eigenvalue weighted by atomic mass is 16.2. The average molecular weight is 200 g/mol. The van der Waals surface area contributed by atoms with Crippen molar-refractivity contribution in [3.05, 3.63) is 0 Å². The van der Waals surface area contributed by atoms with Crippen molar-refractivity contribution in [2.75, 3.05) is 59.5 Å². The van der Waals surface area contributed by atoms with Crippen molar-refractivity contribution >= 4 is 0 Å². The van der Waals surface area contributed by atoms with Gasteiger partial charge in [0.15, 0.2) is 0 Å². The van der Waals surface area contributed by atoms with Crippen LogP contribution in [0, 0.1) is 0 Å². The van der Waals surface area contributed by atoms with Crippen LogP contribution in [0.25, 0.3) is 0 Å². The van der Waals surface area contributed by atoms with Crippen molar-refractivity contribution in [1.29, 1.82) is 0 Å². The molecule has 0 spiro atoms. The van der Waals surface area contributed by atoms with Gasteiger partial charge in [-0.05, 0) is 12.8 Å². The molecule has 3 saturated heterocycles. The predicted octanol–water partition coefficient (Wildman–Crippen LogP) is 0.0495. The predicted molar refractivity (Wildman–Crippen MR) is 56.8 cm³/mol. The first-order valence-electron chi connectivity index (χ1n) is 5.98. The van der Waals surface area contributed by atoms with Crippen LogP contribution in [0.15, 0.2) is 0 Å². The molecule has 0 aromatic rings. The van der Waals surface area contributed by atoms with Gasteiger partial charge in [0, 0.05) is 6.61 Å². The van der Waals surface area contributed by atoms with Crippen LogP contribution in [0.2, 0.25) is 0 Å². The largest absolute Gasteiger partial charge is 0.396 e. The van der Waals surface area contributed by atoms with E-state index < -0.39 is 0 Å². The van der Waals surface area contributed by atoms with E-state index in [-0.39, 0.29) is 0 Å². The second-order valence-electron chi connectivity index (χ2n) is 5.46. The number of hydrogen-bond donors (Lipinski definition) is 1. The van der Waals surface area contributed by atoms with E-state index in [4.69, 9.17) is 5.11 Å². The molecular formula is C11H24N2O+2. The highest BCUT2D eigenvalue weighted by Crippen LogP contribution is 2.24. The minimum Gasteiger partial charge on any atom is -0.396 e. The van der Waals surface area contributed by atoms with Crippen LogP contribution < -0.4 is 0 Å². The van der Waals surface area contributed by atoms with E-state index in [0.717, 1.165) is 6.42 Å². The van der Waals surface area contributed by atoms with E-state index in [1.54, 1.807) is 0 Å². The summed E-state index contributed by atoms with van der Waals surface area (Å²) in [6, 6.07) is 0. The van der Waals surface area contributed by atoms with Crippen molar-refractivity contribution in [3.63, 3.8) is 0 Å². The van der Waals surface area contributed by atoms with Crippen molar-refractivity contribution in [3.8, 4) is 0 Å². The summed E-state index contributed by atoms with van der Waals surface area (Å²) in [6.45, 7) is 9.93. The number of aliphatic hydroxyl groups excluding tert-OH is 1. The van der Waals surface area contributed by atoms with E-state index >= 15 is 0 Å². The summed E-state index contributed by atoms with van der Waals surface area (Å²) in [7, 11) is 2.40. The fraction of sp³-hybridized carbons (Fsp3) is 1.00. The van der Waals surface area contributed by atoms with Crippen LogP contribution in [0.1, 0.15) is 12.8 Å². The molecule has 0 aliphatic carbocycles. The lowest BCUT2D eigenvalue weighted by Gasteiger charge is -2.54. The van der Waals surface area contributed by atoms with E-state index in [1.807, 2.05) is 0 Å². The molecule has 3 fully saturated rings. The van der Waals surface area contributed by atoms with Crippen LogP contribution in [0.4, 0.5) is 0 Å². The van der Waals surface area contributed by atoms with Crippen LogP contribution in [0.3, 0.4) is 0 Å². The number of fused-ring (bicyclic) bond motifs is 3. The molecule has 3 aliphatic rings. The number of rotatable bonds is 4. The Morgan fingerprint density at radius 3 is 2.00 bits per heavy atom. The molecule has 3 heterocycles. The zero-order chi connectivity index (χ0) is 10.1. The maximum atomic E-state index is 8.79. The van der Waals surface area contributed by atoms with Crippen molar-refractivity contribution in [2.24, 2.45) is 0 Å². The summed E-state index contributed by atoms with van der Waals surface area (Å²) in [4.78, 5) is 0. The SMILES string of the molecule is C[N+]12CC[N+](CCCCO)(CC1)CC2. The Hall–Kier alpha value is -0.120. The molecule has 3 aliphatic heterocycles. The van der Waals surface area contributed by atoms with E-state index in [9.17, 15) is 0 Å². The summed E-state index contributed by atoms with van der Waals surface area (Å²) in [5.41, 5.74) is 0. The second kappa shape index (κ2) is 3.80. The Balaban J connectivity index is 1.85. The molecule has 0 aromatic carbocycles. The Kier molecular flexibility index (Phi) is 2.82. The third-order valence-electron chi connectivity index (χ3n) is 4.38. The van der Waals surface area contributed by atoms with Gasteiger partial charge >= 0.3 is 0 Å². The van der Waals surface area contributed by atoms with Crippen LogP contribution in [-0.4, -0.2) is 73.5 Å². The van der Waals surface area contributed by atoms with Gasteiger partial charge in [-0.1, -0.05) is 0 Å². The number of aliphatic hydroxyl groups is 1. The molecule has 0 radical (unpaired) electrons. The van der Waals surface area contributed by atoms with Gasteiger partial charge in [0.1, 0.15) is 39.3 Å². The number of hydrogen-bond acceptors (Lipinski definition) is 1. The Morgan fingerprint density at radius 1 is 0.929 bits per heavy atom.